The summed E-state index contributed by atoms with van der Waals surface area (Å²) in [5, 5.41) is 2.71. The number of carbonyl (C=O) groups is 2. The summed E-state index contributed by atoms with van der Waals surface area (Å²) in [5.74, 6) is -0.314. The Balaban J connectivity index is 2.00. The van der Waals surface area contributed by atoms with E-state index in [1.807, 2.05) is 31.2 Å². The van der Waals surface area contributed by atoms with Crippen molar-refractivity contribution in [2.45, 2.75) is 65.2 Å². The van der Waals surface area contributed by atoms with Crippen molar-refractivity contribution in [3.63, 3.8) is 0 Å². The first-order chi connectivity index (χ1) is 16.4. The Labute approximate surface area is 208 Å². The Kier molecular flexibility index (Phi) is 8.38. The van der Waals surface area contributed by atoms with Crippen LogP contribution in [0.25, 0.3) is 0 Å². The number of benzene rings is 2. The van der Waals surface area contributed by atoms with Gasteiger partial charge in [0.1, 0.15) is 0 Å². The molecule has 0 radical (unpaired) electrons. The molecule has 1 fully saturated rings. The van der Waals surface area contributed by atoms with Crippen LogP contribution in [0.3, 0.4) is 0 Å². The van der Waals surface area contributed by atoms with Gasteiger partial charge in [-0.3, -0.25) is 15.0 Å². The maximum Gasteiger partial charge on any atom is 0.408 e. The number of alkyl carbamates (subject to hydrolysis) is 1. The SMILES string of the molecule is CCOC(=O)N[C@@H](C(=O)c1ccc(C)cc1)N(Cc1ccc(C(C)(C)C)cc1)[C@H]1CCS(=O)(=O)C1. The minimum atomic E-state index is -3.22. The molecule has 35 heavy (non-hydrogen) atoms. The van der Waals surface area contributed by atoms with Gasteiger partial charge in [0.15, 0.2) is 21.8 Å². The average molecular weight is 501 g/mol. The molecule has 0 saturated carbocycles. The zero-order valence-electron chi connectivity index (χ0n) is 21.2. The maximum atomic E-state index is 13.7. The highest BCUT2D eigenvalue weighted by Gasteiger charge is 2.39. The van der Waals surface area contributed by atoms with Crippen LogP contribution in [0, 0.1) is 6.92 Å². The molecule has 7 nitrogen and oxygen atoms in total. The lowest BCUT2D eigenvalue weighted by Gasteiger charge is -2.35. The number of rotatable bonds is 8. The number of aryl methyl sites for hydroxylation is 1. The highest BCUT2D eigenvalue weighted by atomic mass is 32.2. The fourth-order valence-corrected chi connectivity index (χ4v) is 5.99. The van der Waals surface area contributed by atoms with E-state index in [4.69, 9.17) is 4.74 Å². The Morgan fingerprint density at radius 3 is 2.23 bits per heavy atom. The van der Waals surface area contributed by atoms with Crippen molar-refractivity contribution in [2.75, 3.05) is 18.1 Å². The molecular weight excluding hydrogens is 464 g/mol. The van der Waals surface area contributed by atoms with Gasteiger partial charge in [0.25, 0.3) is 0 Å². The van der Waals surface area contributed by atoms with E-state index in [-0.39, 0.29) is 29.3 Å². The van der Waals surface area contributed by atoms with E-state index in [9.17, 15) is 18.0 Å². The predicted molar refractivity (Wildman–Crippen MR) is 137 cm³/mol. The second-order valence-electron chi connectivity index (χ2n) is 10.2. The quantitative estimate of drug-likeness (QED) is 0.431. The number of amides is 1. The van der Waals surface area contributed by atoms with Gasteiger partial charge in [0.2, 0.25) is 0 Å². The number of hydrogen-bond donors (Lipinski definition) is 1. The standard InChI is InChI=1S/C27H36N2O5S/c1-6-34-26(31)28-25(24(30)21-11-7-19(2)8-12-21)29(23-15-16-35(32,33)18-23)17-20-9-13-22(14-10-20)27(3,4)5/h7-14,23,25H,6,15-18H2,1-5H3,(H,28,31)/t23-,25+/m0/s1. The van der Waals surface area contributed by atoms with Crippen molar-refractivity contribution in [1.82, 2.24) is 10.2 Å². The summed E-state index contributed by atoms with van der Waals surface area (Å²) in [4.78, 5) is 27.9. The summed E-state index contributed by atoms with van der Waals surface area (Å²) in [6.07, 6.45) is -1.39. The van der Waals surface area contributed by atoms with Crippen molar-refractivity contribution in [3.8, 4) is 0 Å². The Morgan fingerprint density at radius 2 is 1.71 bits per heavy atom. The van der Waals surface area contributed by atoms with Gasteiger partial charge in [-0.05, 0) is 36.8 Å². The largest absolute Gasteiger partial charge is 0.450 e. The number of nitrogens with zero attached hydrogens (tertiary/aromatic N) is 1. The van der Waals surface area contributed by atoms with Crippen LogP contribution in [0.1, 0.15) is 61.2 Å². The van der Waals surface area contributed by atoms with Gasteiger partial charge in [-0.1, -0.05) is 74.9 Å². The van der Waals surface area contributed by atoms with E-state index < -0.39 is 28.1 Å². The molecule has 0 spiro atoms. The third kappa shape index (κ3) is 7.15. The van der Waals surface area contributed by atoms with Crippen LogP contribution in [0.2, 0.25) is 0 Å². The number of ether oxygens (including phenoxy) is 1. The van der Waals surface area contributed by atoms with E-state index in [2.05, 4.69) is 38.2 Å². The van der Waals surface area contributed by atoms with E-state index in [0.29, 0.717) is 18.5 Å². The summed E-state index contributed by atoms with van der Waals surface area (Å²) < 4.78 is 29.8. The van der Waals surface area contributed by atoms with Crippen LogP contribution in [0.4, 0.5) is 4.79 Å². The van der Waals surface area contributed by atoms with Crippen molar-refractivity contribution in [3.05, 3.63) is 70.8 Å². The second kappa shape index (κ2) is 10.9. The number of nitrogens with one attached hydrogen (secondary N) is 1. The molecule has 190 valence electrons. The first-order valence-corrected chi connectivity index (χ1v) is 13.8. The monoisotopic (exact) mass is 500 g/mol. The van der Waals surface area contributed by atoms with Gasteiger partial charge in [-0.15, -0.1) is 0 Å². The van der Waals surface area contributed by atoms with E-state index in [0.717, 1.165) is 11.1 Å². The molecule has 0 unspecified atom stereocenters. The molecule has 0 aliphatic carbocycles. The van der Waals surface area contributed by atoms with Gasteiger partial charge in [-0.25, -0.2) is 13.2 Å². The van der Waals surface area contributed by atoms with Gasteiger partial charge < -0.3 is 4.74 Å². The number of hydrogen-bond acceptors (Lipinski definition) is 6. The molecule has 8 heteroatoms. The summed E-state index contributed by atoms with van der Waals surface area (Å²) in [5.41, 5.74) is 3.54. The van der Waals surface area contributed by atoms with Crippen LogP contribution >= 0.6 is 0 Å². The molecule has 2 aromatic rings. The first-order valence-electron chi connectivity index (χ1n) is 12.0. The van der Waals surface area contributed by atoms with E-state index in [1.165, 1.54) is 5.56 Å². The number of ketones is 1. The van der Waals surface area contributed by atoms with Gasteiger partial charge >= 0.3 is 6.09 Å². The molecular formula is C27H36N2O5S. The molecule has 1 N–H and O–H groups in total. The van der Waals surface area contributed by atoms with Crippen molar-refractivity contribution in [2.24, 2.45) is 0 Å². The number of carbonyl (C=O) groups excluding carboxylic acids is 2. The number of Topliss-reactive ketones (excluding diaryl/α,β-unsaturated/α-hetero) is 1. The fourth-order valence-electron chi connectivity index (χ4n) is 4.25. The van der Waals surface area contributed by atoms with Crippen LogP contribution < -0.4 is 5.32 Å². The van der Waals surface area contributed by atoms with Gasteiger partial charge in [0.05, 0.1) is 18.1 Å². The predicted octanol–water partition coefficient (Wildman–Crippen LogP) is 4.24. The summed E-state index contributed by atoms with van der Waals surface area (Å²) in [6, 6.07) is 14.8. The molecule has 1 aliphatic heterocycles. The van der Waals surface area contributed by atoms with Crippen LogP contribution in [0.15, 0.2) is 48.5 Å². The van der Waals surface area contributed by atoms with Crippen molar-refractivity contribution in [1.29, 1.82) is 0 Å². The average Bonchev–Trinajstić information content (AvgIpc) is 3.15. The smallest absolute Gasteiger partial charge is 0.408 e. The third-order valence-corrected chi connectivity index (χ3v) is 8.06. The Hall–Kier alpha value is -2.71. The Bertz CT molecular complexity index is 1140. The lowest BCUT2D eigenvalue weighted by Crippen LogP contribution is -2.56. The van der Waals surface area contributed by atoms with Crippen LogP contribution in [-0.4, -0.2) is 55.5 Å². The zero-order valence-corrected chi connectivity index (χ0v) is 22.0. The first kappa shape index (κ1) is 26.9. The molecule has 0 aromatic heterocycles. The second-order valence-corrected chi connectivity index (χ2v) is 12.4. The maximum absolute atomic E-state index is 13.7. The minimum Gasteiger partial charge on any atom is -0.450 e. The van der Waals surface area contributed by atoms with Crippen LogP contribution in [-0.2, 0) is 26.5 Å². The molecule has 1 aliphatic rings. The van der Waals surface area contributed by atoms with Crippen LogP contribution in [0.5, 0.6) is 0 Å². The molecule has 1 saturated heterocycles. The molecule has 1 amide bonds. The molecule has 2 aromatic carbocycles. The minimum absolute atomic E-state index is 0.00679. The lowest BCUT2D eigenvalue weighted by atomic mass is 9.86. The molecule has 0 bridgehead atoms. The molecule has 3 rings (SSSR count). The summed E-state index contributed by atoms with van der Waals surface area (Å²) in [7, 11) is -3.22. The third-order valence-electron chi connectivity index (χ3n) is 6.31. The van der Waals surface area contributed by atoms with Crippen molar-refractivity contribution >= 4 is 21.7 Å². The van der Waals surface area contributed by atoms with Crippen molar-refractivity contribution < 1.29 is 22.7 Å². The number of sulfone groups is 1. The molecule has 2 atom stereocenters. The topological polar surface area (TPSA) is 92.8 Å². The zero-order chi connectivity index (χ0) is 25.8. The van der Waals surface area contributed by atoms with E-state index >= 15 is 0 Å². The van der Waals surface area contributed by atoms with Gasteiger partial charge in [0, 0.05) is 18.2 Å². The fraction of sp³-hybridized carbons (Fsp3) is 0.481. The highest BCUT2D eigenvalue weighted by Crippen LogP contribution is 2.26. The van der Waals surface area contributed by atoms with E-state index in [1.54, 1.807) is 24.0 Å². The Morgan fingerprint density at radius 1 is 1.09 bits per heavy atom. The normalized spacial score (nSPS) is 18.3. The highest BCUT2D eigenvalue weighted by molar-refractivity contribution is 7.91. The lowest BCUT2D eigenvalue weighted by molar-refractivity contribution is 0.0619. The summed E-state index contributed by atoms with van der Waals surface area (Å²) >= 11 is 0. The molecule has 1 heterocycles. The summed E-state index contributed by atoms with van der Waals surface area (Å²) in [6.45, 7) is 10.5. The van der Waals surface area contributed by atoms with Gasteiger partial charge in [-0.2, -0.15) is 0 Å².